The molecule has 0 amide bonds. The zero-order valence-electron chi connectivity index (χ0n) is 15.8. The summed E-state index contributed by atoms with van der Waals surface area (Å²) in [6.07, 6.45) is 7.15. The molecule has 150 valence electrons. The van der Waals surface area contributed by atoms with Crippen LogP contribution in [0.3, 0.4) is 0 Å². The van der Waals surface area contributed by atoms with Crippen LogP contribution in [0.4, 0.5) is 0 Å². The molecule has 2 N–H and O–H groups in total. The van der Waals surface area contributed by atoms with E-state index < -0.39 is 9.84 Å². The number of aromatic amines is 1. The van der Waals surface area contributed by atoms with E-state index in [1.165, 1.54) is 5.57 Å². The number of sulfone groups is 1. The monoisotopic (exact) mass is 473 g/mol. The lowest BCUT2D eigenvalue weighted by Gasteiger charge is -2.20. The van der Waals surface area contributed by atoms with Crippen molar-refractivity contribution in [2.24, 2.45) is 0 Å². The van der Waals surface area contributed by atoms with Gasteiger partial charge in [-0.05, 0) is 42.7 Å². The van der Waals surface area contributed by atoms with Crippen LogP contribution in [-0.2, 0) is 16.3 Å². The molecule has 8 heteroatoms. The van der Waals surface area contributed by atoms with Gasteiger partial charge >= 0.3 is 0 Å². The lowest BCUT2D eigenvalue weighted by molar-refractivity contribution is 0.348. The van der Waals surface area contributed by atoms with Crippen LogP contribution < -0.4 is 10.1 Å². The van der Waals surface area contributed by atoms with Gasteiger partial charge in [0.2, 0.25) is 9.84 Å². The molecule has 1 unspecified atom stereocenters. The minimum Gasteiger partial charge on any atom is -0.492 e. The molecule has 0 spiro atoms. The van der Waals surface area contributed by atoms with E-state index >= 15 is 0 Å². The minimum absolute atomic E-state index is 0.192. The second-order valence-electron chi connectivity index (χ2n) is 7.47. The Morgan fingerprint density at radius 3 is 2.97 bits per heavy atom. The Morgan fingerprint density at radius 2 is 2.14 bits per heavy atom. The normalized spacial score (nSPS) is 19.1. The van der Waals surface area contributed by atoms with Crippen molar-refractivity contribution in [3.63, 3.8) is 0 Å². The first-order valence-corrected chi connectivity index (χ1v) is 11.8. The molecule has 0 bridgehead atoms. The maximum Gasteiger partial charge on any atom is 0.212 e. The molecule has 1 aromatic carbocycles. The highest BCUT2D eigenvalue weighted by atomic mass is 79.9. The van der Waals surface area contributed by atoms with Crippen molar-refractivity contribution in [2.45, 2.75) is 35.6 Å². The number of nitrogens with one attached hydrogen (secondary N) is 2. The van der Waals surface area contributed by atoms with Gasteiger partial charge in [-0.1, -0.05) is 22.0 Å². The largest absolute Gasteiger partial charge is 0.492 e. The van der Waals surface area contributed by atoms with Gasteiger partial charge in [-0.2, -0.15) is 0 Å². The number of ether oxygens (including phenoxy) is 1. The van der Waals surface area contributed by atoms with Crippen LogP contribution in [0.5, 0.6) is 5.75 Å². The zero-order chi connectivity index (χ0) is 20.2. The van der Waals surface area contributed by atoms with Crippen LogP contribution in [-0.4, -0.2) is 37.6 Å². The van der Waals surface area contributed by atoms with Crippen LogP contribution >= 0.6 is 15.9 Å². The molecule has 29 heavy (non-hydrogen) atoms. The van der Waals surface area contributed by atoms with Gasteiger partial charge in [-0.15, -0.1) is 0 Å². The van der Waals surface area contributed by atoms with Crippen molar-refractivity contribution >= 4 is 42.4 Å². The number of benzene rings is 1. The first kappa shape index (κ1) is 18.8. The van der Waals surface area contributed by atoms with Crippen LogP contribution in [0, 0.1) is 0 Å². The van der Waals surface area contributed by atoms with Crippen molar-refractivity contribution in [1.82, 2.24) is 15.3 Å². The Kier molecular flexibility index (Phi) is 4.53. The topological polar surface area (TPSA) is 84.1 Å². The zero-order valence-corrected chi connectivity index (χ0v) is 18.2. The van der Waals surface area contributed by atoms with Crippen molar-refractivity contribution < 1.29 is 13.2 Å². The predicted octanol–water partition coefficient (Wildman–Crippen LogP) is 3.86. The maximum atomic E-state index is 13.6. The van der Waals surface area contributed by atoms with Gasteiger partial charge in [0.25, 0.3) is 0 Å². The number of H-pyrrole nitrogens is 1. The van der Waals surface area contributed by atoms with E-state index in [1.54, 1.807) is 18.3 Å². The van der Waals surface area contributed by atoms with E-state index in [1.807, 2.05) is 12.3 Å². The van der Waals surface area contributed by atoms with Gasteiger partial charge < -0.3 is 15.0 Å². The number of hydrogen-bond donors (Lipinski definition) is 2. The standard InChI is InChI=1S/C21H20BrN3O3S/c1-12-8-13(2-5-23-12)16-11-25-20-17(3-6-24-19(16)20)29(26,27)18-10-15(22)9-14-4-7-28-21(14)18/h2-3,6,9-12,23,25H,4-5,7-8H2,1H3. The summed E-state index contributed by atoms with van der Waals surface area (Å²) in [6, 6.07) is 5.46. The molecule has 4 heterocycles. The summed E-state index contributed by atoms with van der Waals surface area (Å²) in [4.78, 5) is 8.08. The van der Waals surface area contributed by atoms with Crippen LogP contribution in [0.2, 0.25) is 0 Å². The minimum atomic E-state index is -3.80. The smallest absolute Gasteiger partial charge is 0.212 e. The van der Waals surface area contributed by atoms with Crippen LogP contribution in [0.1, 0.15) is 24.5 Å². The Bertz CT molecular complexity index is 1260. The Morgan fingerprint density at radius 1 is 1.28 bits per heavy atom. The third-order valence-electron chi connectivity index (χ3n) is 5.51. The molecular formula is C21H20BrN3O3S. The molecule has 5 rings (SSSR count). The summed E-state index contributed by atoms with van der Waals surface area (Å²) in [5, 5.41) is 3.39. The molecule has 2 aliphatic heterocycles. The first-order chi connectivity index (χ1) is 13.9. The van der Waals surface area contributed by atoms with Gasteiger partial charge in [-0.3, -0.25) is 4.98 Å². The molecule has 6 nitrogen and oxygen atoms in total. The quantitative estimate of drug-likeness (QED) is 0.603. The summed E-state index contributed by atoms with van der Waals surface area (Å²) in [6.45, 7) is 3.43. The summed E-state index contributed by atoms with van der Waals surface area (Å²) in [7, 11) is -3.80. The van der Waals surface area contributed by atoms with E-state index in [-0.39, 0.29) is 9.79 Å². The number of rotatable bonds is 3. The number of pyridine rings is 1. The van der Waals surface area contributed by atoms with Crippen LogP contribution in [0.25, 0.3) is 16.6 Å². The highest BCUT2D eigenvalue weighted by Crippen LogP contribution is 2.40. The van der Waals surface area contributed by atoms with E-state index in [0.717, 1.165) is 28.6 Å². The SMILES string of the molecule is CC1CC(c2c[nH]c3c(S(=O)(=O)c4cc(Br)cc5c4OCC5)ccnc23)=CCN1. The Labute approximate surface area is 177 Å². The fourth-order valence-electron chi connectivity index (χ4n) is 4.11. The van der Waals surface area contributed by atoms with Gasteiger partial charge in [0.05, 0.1) is 22.5 Å². The highest BCUT2D eigenvalue weighted by molar-refractivity contribution is 9.10. The number of fused-ring (bicyclic) bond motifs is 2. The first-order valence-electron chi connectivity index (χ1n) is 9.54. The fraction of sp³-hybridized carbons (Fsp3) is 0.286. The predicted molar refractivity (Wildman–Crippen MR) is 115 cm³/mol. The van der Waals surface area contributed by atoms with Gasteiger partial charge in [-0.25, -0.2) is 8.42 Å². The molecule has 0 saturated carbocycles. The Hall–Kier alpha value is -2.16. The van der Waals surface area contributed by atoms with Crippen molar-refractivity contribution in [2.75, 3.05) is 13.2 Å². The molecule has 0 radical (unpaired) electrons. The van der Waals surface area contributed by atoms with Crippen molar-refractivity contribution in [1.29, 1.82) is 0 Å². The van der Waals surface area contributed by atoms with Gasteiger partial charge in [0, 0.05) is 41.4 Å². The highest BCUT2D eigenvalue weighted by Gasteiger charge is 2.30. The van der Waals surface area contributed by atoms with Gasteiger partial charge in [0.1, 0.15) is 10.6 Å². The number of aromatic nitrogens is 2. The molecule has 3 aromatic rings. The maximum absolute atomic E-state index is 13.6. The fourth-order valence-corrected chi connectivity index (χ4v) is 6.39. The lowest BCUT2D eigenvalue weighted by atomic mass is 9.97. The summed E-state index contributed by atoms with van der Waals surface area (Å²) < 4.78 is 33.7. The second-order valence-corrected chi connectivity index (χ2v) is 10.3. The molecule has 2 aliphatic rings. The van der Waals surface area contributed by atoms with E-state index in [9.17, 15) is 8.42 Å². The molecular weight excluding hydrogens is 454 g/mol. The van der Waals surface area contributed by atoms with E-state index in [0.29, 0.717) is 35.9 Å². The Balaban J connectivity index is 1.68. The van der Waals surface area contributed by atoms with Crippen molar-refractivity contribution in [3.8, 4) is 5.75 Å². The van der Waals surface area contributed by atoms with Gasteiger partial charge in [0.15, 0.2) is 0 Å². The summed E-state index contributed by atoms with van der Waals surface area (Å²) in [5.41, 5.74) is 4.25. The lowest BCUT2D eigenvalue weighted by Crippen LogP contribution is -2.29. The third kappa shape index (κ3) is 3.10. The third-order valence-corrected chi connectivity index (χ3v) is 7.77. The van der Waals surface area contributed by atoms with E-state index in [2.05, 4.69) is 44.2 Å². The molecule has 0 aliphatic carbocycles. The average molecular weight is 474 g/mol. The average Bonchev–Trinajstić information content (AvgIpc) is 3.33. The molecule has 2 aromatic heterocycles. The molecule has 1 atom stereocenters. The molecule has 0 fully saturated rings. The number of halogens is 1. The second kappa shape index (κ2) is 6.97. The summed E-state index contributed by atoms with van der Waals surface area (Å²) in [5.74, 6) is 0.458. The number of nitrogens with zero attached hydrogens (tertiary/aromatic N) is 1. The van der Waals surface area contributed by atoms with Crippen LogP contribution in [0.15, 0.2) is 50.9 Å². The number of hydrogen-bond acceptors (Lipinski definition) is 5. The van der Waals surface area contributed by atoms with E-state index in [4.69, 9.17) is 4.74 Å². The van der Waals surface area contributed by atoms with Crippen molar-refractivity contribution in [3.05, 3.63) is 52.3 Å². The molecule has 0 saturated heterocycles. The summed E-state index contributed by atoms with van der Waals surface area (Å²) >= 11 is 3.44.